The molecule has 0 spiro atoms. The molecule has 0 aromatic heterocycles. The van der Waals surface area contributed by atoms with Gasteiger partial charge >= 0.3 is 5.97 Å². The predicted octanol–water partition coefficient (Wildman–Crippen LogP) is 1.48. The molecule has 0 saturated heterocycles. The fourth-order valence-corrected chi connectivity index (χ4v) is 1.64. The number of rotatable bonds is 7. The van der Waals surface area contributed by atoms with Crippen molar-refractivity contribution < 1.29 is 15.0 Å². The Morgan fingerprint density at radius 3 is 2.35 bits per heavy atom. The molecule has 2 N–H and O–H groups in total. The van der Waals surface area contributed by atoms with Gasteiger partial charge in [0.15, 0.2) is 0 Å². The molecule has 0 aliphatic carbocycles. The highest BCUT2D eigenvalue weighted by molar-refractivity contribution is 5.66. The molecule has 94 valence electrons. The van der Waals surface area contributed by atoms with Gasteiger partial charge in [-0.1, -0.05) is 24.3 Å². The molecule has 1 aromatic carbocycles. The number of carboxylic acid groups (broad SMARTS) is 1. The lowest BCUT2D eigenvalue weighted by Gasteiger charge is -2.16. The average Bonchev–Trinajstić information content (AvgIpc) is 2.29. The summed E-state index contributed by atoms with van der Waals surface area (Å²) in [6.07, 6.45) is 0.883. The van der Waals surface area contributed by atoms with Gasteiger partial charge in [-0.15, -0.1) is 0 Å². The van der Waals surface area contributed by atoms with Crippen LogP contribution in [0.2, 0.25) is 0 Å². The van der Waals surface area contributed by atoms with Crippen LogP contribution in [0, 0.1) is 0 Å². The maximum Gasteiger partial charge on any atom is 0.303 e. The van der Waals surface area contributed by atoms with E-state index in [1.165, 1.54) is 5.56 Å². The second-order valence-electron chi connectivity index (χ2n) is 4.21. The molecule has 17 heavy (non-hydrogen) atoms. The summed E-state index contributed by atoms with van der Waals surface area (Å²) >= 11 is 0. The summed E-state index contributed by atoms with van der Waals surface area (Å²) in [6.45, 7) is 1.63. The quantitative estimate of drug-likeness (QED) is 0.754. The molecule has 0 amide bonds. The summed E-state index contributed by atoms with van der Waals surface area (Å²) < 4.78 is 0. The molecular formula is C13H19NO3. The predicted molar refractivity (Wildman–Crippen MR) is 65.6 cm³/mol. The number of carboxylic acids is 1. The van der Waals surface area contributed by atoms with Crippen LogP contribution in [0.1, 0.15) is 24.0 Å². The number of nitrogens with zero attached hydrogens (tertiary/aromatic N) is 1. The van der Waals surface area contributed by atoms with E-state index in [1.54, 1.807) is 0 Å². The lowest BCUT2D eigenvalue weighted by molar-refractivity contribution is -0.137. The van der Waals surface area contributed by atoms with E-state index in [0.717, 1.165) is 18.7 Å². The first-order valence-corrected chi connectivity index (χ1v) is 5.71. The zero-order chi connectivity index (χ0) is 12.7. The van der Waals surface area contributed by atoms with E-state index in [9.17, 15) is 4.79 Å². The maximum atomic E-state index is 10.4. The minimum absolute atomic E-state index is 0.0642. The normalized spacial score (nSPS) is 10.8. The van der Waals surface area contributed by atoms with Crippen molar-refractivity contribution in [3.05, 3.63) is 35.4 Å². The van der Waals surface area contributed by atoms with E-state index in [-0.39, 0.29) is 13.0 Å². The number of benzene rings is 1. The van der Waals surface area contributed by atoms with Crippen molar-refractivity contribution in [3.8, 4) is 0 Å². The van der Waals surface area contributed by atoms with Gasteiger partial charge in [0.2, 0.25) is 0 Å². The van der Waals surface area contributed by atoms with Crippen LogP contribution < -0.4 is 0 Å². The van der Waals surface area contributed by atoms with Crippen LogP contribution >= 0.6 is 0 Å². The van der Waals surface area contributed by atoms with Crippen molar-refractivity contribution >= 4 is 5.97 Å². The maximum absolute atomic E-state index is 10.4. The number of hydrogen-bond donors (Lipinski definition) is 2. The zero-order valence-electron chi connectivity index (χ0n) is 10.1. The van der Waals surface area contributed by atoms with Gasteiger partial charge in [-0.25, -0.2) is 0 Å². The molecule has 4 heteroatoms. The highest BCUT2D eigenvalue weighted by atomic mass is 16.4. The second-order valence-corrected chi connectivity index (χ2v) is 4.21. The molecule has 0 heterocycles. The van der Waals surface area contributed by atoms with Crippen molar-refractivity contribution in [2.75, 3.05) is 13.6 Å². The molecule has 1 aromatic rings. The standard InChI is InChI=1S/C13H19NO3/c1-14(8-2-3-13(16)17)9-11-4-6-12(10-15)7-5-11/h4-7,15H,2-3,8-10H2,1H3,(H,16,17). The van der Waals surface area contributed by atoms with Crippen LogP contribution in [0.3, 0.4) is 0 Å². The lowest BCUT2D eigenvalue weighted by atomic mass is 10.1. The largest absolute Gasteiger partial charge is 0.481 e. The van der Waals surface area contributed by atoms with Crippen molar-refractivity contribution in [3.63, 3.8) is 0 Å². The summed E-state index contributed by atoms with van der Waals surface area (Å²) in [7, 11) is 1.97. The highest BCUT2D eigenvalue weighted by Gasteiger charge is 2.02. The molecule has 0 aliphatic rings. The Kier molecular flexibility index (Phi) is 5.66. The van der Waals surface area contributed by atoms with Crippen molar-refractivity contribution in [1.82, 2.24) is 4.90 Å². The Morgan fingerprint density at radius 2 is 1.82 bits per heavy atom. The zero-order valence-corrected chi connectivity index (χ0v) is 10.1. The van der Waals surface area contributed by atoms with E-state index in [2.05, 4.69) is 4.90 Å². The summed E-state index contributed by atoms with van der Waals surface area (Å²) in [4.78, 5) is 12.5. The molecule has 1 rings (SSSR count). The number of hydrogen-bond acceptors (Lipinski definition) is 3. The SMILES string of the molecule is CN(CCCC(=O)O)Cc1ccc(CO)cc1. The molecule has 0 bridgehead atoms. The van der Waals surface area contributed by atoms with E-state index in [1.807, 2.05) is 31.3 Å². The van der Waals surface area contributed by atoms with Crippen LogP contribution in [0.5, 0.6) is 0 Å². The van der Waals surface area contributed by atoms with Gasteiger partial charge < -0.3 is 15.1 Å². The van der Waals surface area contributed by atoms with Crippen LogP contribution in [0.25, 0.3) is 0 Å². The Labute approximate surface area is 101 Å². The van der Waals surface area contributed by atoms with Gasteiger partial charge in [-0.05, 0) is 31.1 Å². The first kappa shape index (κ1) is 13.7. The molecule has 4 nitrogen and oxygen atoms in total. The minimum Gasteiger partial charge on any atom is -0.481 e. The molecule has 0 radical (unpaired) electrons. The Bertz CT molecular complexity index is 348. The van der Waals surface area contributed by atoms with Crippen molar-refractivity contribution in [2.45, 2.75) is 26.0 Å². The topological polar surface area (TPSA) is 60.8 Å². The van der Waals surface area contributed by atoms with Crippen LogP contribution in [-0.4, -0.2) is 34.7 Å². The number of aliphatic hydroxyl groups is 1. The molecule has 0 fully saturated rings. The van der Waals surface area contributed by atoms with E-state index in [0.29, 0.717) is 6.42 Å². The van der Waals surface area contributed by atoms with Gasteiger partial charge in [-0.2, -0.15) is 0 Å². The van der Waals surface area contributed by atoms with Crippen molar-refractivity contribution in [1.29, 1.82) is 0 Å². The third-order valence-corrected chi connectivity index (χ3v) is 2.59. The van der Waals surface area contributed by atoms with Gasteiger partial charge in [0, 0.05) is 13.0 Å². The highest BCUT2D eigenvalue weighted by Crippen LogP contribution is 2.07. The van der Waals surface area contributed by atoms with Crippen LogP contribution in [0.15, 0.2) is 24.3 Å². The van der Waals surface area contributed by atoms with Gasteiger partial charge in [0.25, 0.3) is 0 Å². The summed E-state index contributed by atoms with van der Waals surface area (Å²) in [5, 5.41) is 17.4. The van der Waals surface area contributed by atoms with Crippen molar-refractivity contribution in [2.24, 2.45) is 0 Å². The minimum atomic E-state index is -0.745. The summed E-state index contributed by atoms with van der Waals surface area (Å²) in [6, 6.07) is 7.78. The number of aliphatic hydroxyl groups excluding tert-OH is 1. The molecular weight excluding hydrogens is 218 g/mol. The monoisotopic (exact) mass is 237 g/mol. The van der Waals surface area contributed by atoms with Gasteiger partial charge in [0.05, 0.1) is 6.61 Å². The summed E-state index contributed by atoms with van der Waals surface area (Å²) in [5.41, 5.74) is 2.07. The average molecular weight is 237 g/mol. The lowest BCUT2D eigenvalue weighted by Crippen LogP contribution is -2.19. The summed E-state index contributed by atoms with van der Waals surface area (Å²) in [5.74, 6) is -0.745. The van der Waals surface area contributed by atoms with Crippen LogP contribution in [0.4, 0.5) is 0 Å². The smallest absolute Gasteiger partial charge is 0.303 e. The fourth-order valence-electron chi connectivity index (χ4n) is 1.64. The Morgan fingerprint density at radius 1 is 1.24 bits per heavy atom. The van der Waals surface area contributed by atoms with E-state index in [4.69, 9.17) is 10.2 Å². The van der Waals surface area contributed by atoms with E-state index >= 15 is 0 Å². The van der Waals surface area contributed by atoms with Gasteiger partial charge in [-0.3, -0.25) is 4.79 Å². The first-order chi connectivity index (χ1) is 8.11. The number of carbonyl (C=O) groups is 1. The Balaban J connectivity index is 2.34. The molecule has 0 saturated carbocycles. The Hall–Kier alpha value is -1.39. The van der Waals surface area contributed by atoms with Crippen LogP contribution in [-0.2, 0) is 17.9 Å². The molecule has 0 aliphatic heterocycles. The molecule has 0 unspecified atom stereocenters. The third-order valence-electron chi connectivity index (χ3n) is 2.59. The fraction of sp³-hybridized carbons (Fsp3) is 0.462. The third kappa shape index (κ3) is 5.47. The first-order valence-electron chi connectivity index (χ1n) is 5.71. The van der Waals surface area contributed by atoms with Gasteiger partial charge in [0.1, 0.15) is 0 Å². The second kappa shape index (κ2) is 7.04. The van der Waals surface area contributed by atoms with E-state index < -0.39 is 5.97 Å². The molecule has 0 atom stereocenters. The number of aliphatic carboxylic acids is 1.